The van der Waals surface area contributed by atoms with E-state index in [4.69, 9.17) is 9.26 Å². The lowest BCUT2D eigenvalue weighted by Gasteiger charge is -2.28. The first-order valence-electron chi connectivity index (χ1n) is 6.11. The third kappa shape index (κ3) is 2.66. The van der Waals surface area contributed by atoms with E-state index in [2.05, 4.69) is 36.2 Å². The number of rotatable bonds is 2. The zero-order valence-corrected chi connectivity index (χ0v) is 11.0. The van der Waals surface area contributed by atoms with Gasteiger partial charge in [0.05, 0.1) is 12.5 Å². The van der Waals surface area contributed by atoms with Crippen LogP contribution in [0.2, 0.25) is 0 Å². The van der Waals surface area contributed by atoms with Gasteiger partial charge >= 0.3 is 0 Å². The van der Waals surface area contributed by atoms with E-state index in [1.165, 1.54) is 0 Å². The molecule has 5 nitrogen and oxygen atoms in total. The van der Waals surface area contributed by atoms with Crippen LogP contribution in [0.15, 0.2) is 4.52 Å². The fourth-order valence-corrected chi connectivity index (χ4v) is 2.02. The van der Waals surface area contributed by atoms with Crippen LogP contribution in [0.3, 0.4) is 0 Å². The minimum Gasteiger partial charge on any atom is -0.381 e. The number of likely N-dealkylation sites (N-methyl/N-ethyl adjacent to an activating group) is 1. The smallest absolute Gasteiger partial charge is 0.233 e. The van der Waals surface area contributed by atoms with Crippen LogP contribution in [0.1, 0.15) is 44.8 Å². The highest BCUT2D eigenvalue weighted by Crippen LogP contribution is 2.27. The maximum absolute atomic E-state index is 5.50. The van der Waals surface area contributed by atoms with Crippen molar-refractivity contribution < 1.29 is 9.26 Å². The molecular formula is C12H21N3O2. The molecule has 1 aliphatic heterocycles. The van der Waals surface area contributed by atoms with E-state index in [9.17, 15) is 0 Å². The van der Waals surface area contributed by atoms with Crippen LogP contribution in [-0.2, 0) is 10.2 Å². The molecule has 1 aliphatic rings. The topological polar surface area (TPSA) is 60.2 Å². The summed E-state index contributed by atoms with van der Waals surface area (Å²) in [6.07, 6.45) is 0.981. The Balaban J connectivity index is 2.18. The van der Waals surface area contributed by atoms with Gasteiger partial charge in [-0.1, -0.05) is 25.9 Å². The van der Waals surface area contributed by atoms with E-state index in [1.54, 1.807) is 0 Å². The molecule has 1 fully saturated rings. The fraction of sp³-hybridized carbons (Fsp3) is 0.833. The summed E-state index contributed by atoms with van der Waals surface area (Å²) in [5.41, 5.74) is -0.0770. The molecule has 1 aromatic rings. The van der Waals surface area contributed by atoms with E-state index in [0.29, 0.717) is 18.5 Å². The van der Waals surface area contributed by atoms with Crippen molar-refractivity contribution in [1.29, 1.82) is 0 Å². The van der Waals surface area contributed by atoms with E-state index in [0.717, 1.165) is 18.9 Å². The largest absolute Gasteiger partial charge is 0.381 e. The van der Waals surface area contributed by atoms with Gasteiger partial charge in [-0.2, -0.15) is 4.98 Å². The van der Waals surface area contributed by atoms with Crippen molar-refractivity contribution in [2.24, 2.45) is 0 Å². The summed E-state index contributed by atoms with van der Waals surface area (Å²) in [5, 5.41) is 7.35. The van der Waals surface area contributed by atoms with Gasteiger partial charge in [-0.15, -0.1) is 0 Å². The molecular weight excluding hydrogens is 218 g/mol. The van der Waals surface area contributed by atoms with Gasteiger partial charge < -0.3 is 14.6 Å². The van der Waals surface area contributed by atoms with Crippen LogP contribution in [0.25, 0.3) is 0 Å². The zero-order valence-electron chi connectivity index (χ0n) is 11.0. The number of ether oxygens (including phenoxy) is 1. The summed E-state index contributed by atoms with van der Waals surface area (Å²) in [6, 6.07) is 0.358. The molecule has 2 atom stereocenters. The van der Waals surface area contributed by atoms with Crippen molar-refractivity contribution in [3.63, 3.8) is 0 Å². The number of hydrogen-bond donors (Lipinski definition) is 1. The molecule has 0 aliphatic carbocycles. The van der Waals surface area contributed by atoms with Crippen molar-refractivity contribution in [2.75, 3.05) is 20.3 Å². The normalized spacial score (nSPS) is 26.1. The van der Waals surface area contributed by atoms with Crippen molar-refractivity contribution >= 4 is 0 Å². The second kappa shape index (κ2) is 4.74. The highest BCUT2D eigenvalue weighted by molar-refractivity contribution is 5.05. The SMILES string of the molecule is CNC1CCOCC1c1nc(C(C)(C)C)no1. The first-order chi connectivity index (χ1) is 8.02. The number of nitrogens with one attached hydrogen (secondary N) is 1. The first kappa shape index (κ1) is 12.5. The summed E-state index contributed by atoms with van der Waals surface area (Å²) in [5.74, 6) is 1.61. The summed E-state index contributed by atoms with van der Waals surface area (Å²) in [7, 11) is 1.96. The standard InChI is InChI=1S/C12H21N3O2/c1-12(2,3)11-14-10(17-15-11)8-7-16-6-5-9(8)13-4/h8-9,13H,5-7H2,1-4H3. The maximum atomic E-state index is 5.50. The monoisotopic (exact) mass is 239 g/mol. The Kier molecular flexibility index (Phi) is 3.49. The van der Waals surface area contributed by atoms with Gasteiger partial charge in [0.15, 0.2) is 5.82 Å². The Labute approximate surface area is 102 Å². The summed E-state index contributed by atoms with van der Waals surface area (Å²) in [6.45, 7) is 7.68. The predicted octanol–water partition coefficient (Wildman–Crippen LogP) is 1.46. The molecule has 2 rings (SSSR count). The summed E-state index contributed by atoms with van der Waals surface area (Å²) >= 11 is 0. The van der Waals surface area contributed by atoms with E-state index < -0.39 is 0 Å². The number of hydrogen-bond acceptors (Lipinski definition) is 5. The average Bonchev–Trinajstić information content (AvgIpc) is 2.77. The molecule has 2 heterocycles. The lowest BCUT2D eigenvalue weighted by atomic mass is 9.94. The van der Waals surface area contributed by atoms with Gasteiger partial charge in [-0.3, -0.25) is 0 Å². The third-order valence-corrected chi connectivity index (χ3v) is 3.16. The summed E-state index contributed by atoms with van der Waals surface area (Å²) in [4.78, 5) is 4.51. The van der Waals surface area contributed by atoms with Crippen LogP contribution in [0.4, 0.5) is 0 Å². The van der Waals surface area contributed by atoms with Gasteiger partial charge in [0, 0.05) is 18.1 Å². The predicted molar refractivity (Wildman–Crippen MR) is 64.0 cm³/mol. The molecule has 0 radical (unpaired) electrons. The van der Waals surface area contributed by atoms with E-state index >= 15 is 0 Å². The highest BCUT2D eigenvalue weighted by atomic mass is 16.5. The van der Waals surface area contributed by atoms with E-state index in [-0.39, 0.29) is 11.3 Å². The Morgan fingerprint density at radius 3 is 2.71 bits per heavy atom. The highest BCUT2D eigenvalue weighted by Gasteiger charge is 2.32. The van der Waals surface area contributed by atoms with Crippen LogP contribution < -0.4 is 5.32 Å². The Morgan fingerprint density at radius 2 is 2.12 bits per heavy atom. The Bertz CT molecular complexity index is 370. The lowest BCUT2D eigenvalue weighted by Crippen LogP contribution is -2.39. The fourth-order valence-electron chi connectivity index (χ4n) is 2.02. The lowest BCUT2D eigenvalue weighted by molar-refractivity contribution is 0.0516. The van der Waals surface area contributed by atoms with Gasteiger partial charge in [0.1, 0.15) is 0 Å². The average molecular weight is 239 g/mol. The van der Waals surface area contributed by atoms with Crippen LogP contribution in [0, 0.1) is 0 Å². The molecule has 96 valence electrons. The molecule has 1 saturated heterocycles. The minimum absolute atomic E-state index is 0.0770. The Morgan fingerprint density at radius 1 is 1.35 bits per heavy atom. The van der Waals surface area contributed by atoms with Crippen molar-refractivity contribution in [2.45, 2.75) is 44.6 Å². The molecule has 0 spiro atoms. The quantitative estimate of drug-likeness (QED) is 0.846. The molecule has 5 heteroatoms. The van der Waals surface area contributed by atoms with Gasteiger partial charge in [-0.05, 0) is 13.5 Å². The number of nitrogens with zero attached hydrogens (tertiary/aromatic N) is 2. The van der Waals surface area contributed by atoms with Crippen LogP contribution in [0.5, 0.6) is 0 Å². The van der Waals surface area contributed by atoms with Gasteiger partial charge in [0.2, 0.25) is 5.89 Å². The second-order valence-electron chi connectivity index (χ2n) is 5.57. The number of aromatic nitrogens is 2. The molecule has 1 N–H and O–H groups in total. The molecule has 17 heavy (non-hydrogen) atoms. The zero-order chi connectivity index (χ0) is 12.5. The van der Waals surface area contributed by atoms with Crippen molar-refractivity contribution in [3.8, 4) is 0 Å². The molecule has 0 aromatic carbocycles. The maximum Gasteiger partial charge on any atom is 0.233 e. The second-order valence-corrected chi connectivity index (χ2v) is 5.57. The first-order valence-corrected chi connectivity index (χ1v) is 6.11. The minimum atomic E-state index is -0.0770. The van der Waals surface area contributed by atoms with Crippen molar-refractivity contribution in [3.05, 3.63) is 11.7 Å². The van der Waals surface area contributed by atoms with Gasteiger partial charge in [0.25, 0.3) is 0 Å². The molecule has 0 bridgehead atoms. The Hall–Kier alpha value is -0.940. The molecule has 0 amide bonds. The van der Waals surface area contributed by atoms with Crippen LogP contribution >= 0.6 is 0 Å². The molecule has 1 aromatic heterocycles. The summed E-state index contributed by atoms with van der Waals surface area (Å²) < 4.78 is 10.9. The molecule has 2 unspecified atom stereocenters. The molecule has 0 saturated carbocycles. The van der Waals surface area contributed by atoms with Gasteiger partial charge in [-0.25, -0.2) is 0 Å². The van der Waals surface area contributed by atoms with E-state index in [1.807, 2.05) is 7.05 Å². The van der Waals surface area contributed by atoms with Crippen LogP contribution in [-0.4, -0.2) is 36.4 Å². The third-order valence-electron chi connectivity index (χ3n) is 3.16. The van der Waals surface area contributed by atoms with Crippen molar-refractivity contribution in [1.82, 2.24) is 15.5 Å².